The van der Waals surface area contributed by atoms with E-state index in [1.165, 1.54) is 0 Å². The molecule has 0 spiro atoms. The molecule has 0 saturated heterocycles. The van der Waals surface area contributed by atoms with Gasteiger partial charge in [0.1, 0.15) is 0 Å². The van der Waals surface area contributed by atoms with Gasteiger partial charge in [-0.15, -0.1) is 0 Å². The fourth-order valence-corrected chi connectivity index (χ4v) is 1.11. The highest BCUT2D eigenvalue weighted by Gasteiger charge is 2.07. The Balaban J connectivity index is 3.24. The van der Waals surface area contributed by atoms with Crippen LogP contribution in [0.4, 0.5) is 0 Å². The van der Waals surface area contributed by atoms with Gasteiger partial charge in [-0.25, -0.2) is 0 Å². The lowest BCUT2D eigenvalue weighted by atomic mass is 10.1. The fourth-order valence-electron chi connectivity index (χ4n) is 1.11. The Hall–Kier alpha value is -0.160. The molecule has 13 heavy (non-hydrogen) atoms. The molecular weight excluding hydrogens is 172 g/mol. The number of aliphatic hydroxyl groups excluding tert-OH is 4. The molecule has 0 radical (unpaired) electrons. The van der Waals surface area contributed by atoms with Gasteiger partial charge in [-0.05, 0) is 32.1 Å². The molecule has 2 unspecified atom stereocenters. The molecule has 0 aromatic rings. The molecule has 0 aromatic heterocycles. The van der Waals surface area contributed by atoms with E-state index in [1.807, 2.05) is 0 Å². The predicted octanol–water partition coefficient (Wildman–Crippen LogP) is -0.357. The van der Waals surface area contributed by atoms with Gasteiger partial charge >= 0.3 is 0 Å². The van der Waals surface area contributed by atoms with E-state index in [-0.39, 0.29) is 13.2 Å². The van der Waals surface area contributed by atoms with E-state index in [2.05, 4.69) is 0 Å². The summed E-state index contributed by atoms with van der Waals surface area (Å²) in [6.45, 7) is -0.0880. The van der Waals surface area contributed by atoms with Gasteiger partial charge in [0.15, 0.2) is 0 Å². The zero-order chi connectivity index (χ0) is 10.1. The smallest absolute Gasteiger partial charge is 0.0771 e. The second kappa shape index (κ2) is 8.44. The van der Waals surface area contributed by atoms with Crippen LogP contribution in [0, 0.1) is 0 Å². The third-order valence-corrected chi connectivity index (χ3v) is 1.99. The van der Waals surface area contributed by atoms with Crippen molar-refractivity contribution in [1.29, 1.82) is 0 Å². The highest BCUT2D eigenvalue weighted by molar-refractivity contribution is 4.60. The van der Waals surface area contributed by atoms with Gasteiger partial charge in [0, 0.05) is 6.61 Å². The molecule has 0 heterocycles. The Kier molecular flexibility index (Phi) is 8.33. The summed E-state index contributed by atoms with van der Waals surface area (Å²) in [7, 11) is 0. The molecule has 0 amide bonds. The van der Waals surface area contributed by atoms with Gasteiger partial charge in [-0.3, -0.25) is 0 Å². The lowest BCUT2D eigenvalue weighted by Gasteiger charge is -2.11. The Labute approximate surface area is 78.8 Å². The third-order valence-electron chi connectivity index (χ3n) is 1.99. The van der Waals surface area contributed by atoms with Crippen LogP contribution in [0.2, 0.25) is 0 Å². The van der Waals surface area contributed by atoms with Crippen molar-refractivity contribution in [3.05, 3.63) is 0 Å². The Morgan fingerprint density at radius 3 is 1.92 bits per heavy atom. The number of unbranched alkanes of at least 4 members (excludes halogenated alkanes) is 1. The van der Waals surface area contributed by atoms with Gasteiger partial charge in [0.2, 0.25) is 0 Å². The van der Waals surface area contributed by atoms with Gasteiger partial charge in [0.05, 0.1) is 18.8 Å². The minimum absolute atomic E-state index is 0.159. The van der Waals surface area contributed by atoms with Crippen LogP contribution in [0.25, 0.3) is 0 Å². The summed E-state index contributed by atoms with van der Waals surface area (Å²) in [6, 6.07) is 0. The molecule has 0 aliphatic carbocycles. The molecule has 4 nitrogen and oxygen atoms in total. The van der Waals surface area contributed by atoms with Crippen molar-refractivity contribution < 1.29 is 20.4 Å². The molecule has 0 aliphatic heterocycles. The second-order valence-corrected chi connectivity index (χ2v) is 3.29. The lowest BCUT2D eigenvalue weighted by Crippen LogP contribution is -2.16. The van der Waals surface area contributed by atoms with Crippen molar-refractivity contribution in [3.63, 3.8) is 0 Å². The Bertz CT molecular complexity index is 108. The standard InChI is InChI=1S/C9H20O4/c10-6-2-1-3-8(12)4-5-9(13)7-11/h8-13H,1-7H2. The van der Waals surface area contributed by atoms with E-state index in [0.29, 0.717) is 25.7 Å². The molecule has 0 saturated carbocycles. The van der Waals surface area contributed by atoms with E-state index >= 15 is 0 Å². The largest absolute Gasteiger partial charge is 0.396 e. The van der Waals surface area contributed by atoms with E-state index in [9.17, 15) is 5.11 Å². The summed E-state index contributed by atoms with van der Waals surface area (Å²) in [4.78, 5) is 0. The molecule has 0 rings (SSSR count). The Morgan fingerprint density at radius 2 is 1.38 bits per heavy atom. The average Bonchev–Trinajstić information content (AvgIpc) is 2.14. The van der Waals surface area contributed by atoms with Crippen molar-refractivity contribution in [2.45, 2.75) is 44.3 Å². The Morgan fingerprint density at radius 1 is 0.769 bits per heavy atom. The second-order valence-electron chi connectivity index (χ2n) is 3.29. The highest BCUT2D eigenvalue weighted by Crippen LogP contribution is 2.08. The van der Waals surface area contributed by atoms with Crippen molar-refractivity contribution in [1.82, 2.24) is 0 Å². The van der Waals surface area contributed by atoms with Crippen LogP contribution < -0.4 is 0 Å². The number of aliphatic hydroxyl groups is 4. The molecule has 2 atom stereocenters. The zero-order valence-corrected chi connectivity index (χ0v) is 7.89. The van der Waals surface area contributed by atoms with Crippen LogP contribution in [-0.4, -0.2) is 45.8 Å². The SMILES string of the molecule is OCCCCC(O)CCC(O)CO. The van der Waals surface area contributed by atoms with Gasteiger partial charge in [-0.2, -0.15) is 0 Å². The monoisotopic (exact) mass is 192 g/mol. The first-order valence-corrected chi connectivity index (χ1v) is 4.78. The number of rotatable bonds is 8. The van der Waals surface area contributed by atoms with Gasteiger partial charge in [-0.1, -0.05) is 0 Å². The van der Waals surface area contributed by atoms with Crippen LogP contribution in [0.15, 0.2) is 0 Å². The minimum atomic E-state index is -0.715. The third kappa shape index (κ3) is 8.18. The topological polar surface area (TPSA) is 80.9 Å². The molecule has 0 bridgehead atoms. The summed E-state index contributed by atoms with van der Waals surface area (Å²) >= 11 is 0. The molecule has 0 fully saturated rings. The minimum Gasteiger partial charge on any atom is -0.396 e. The first-order valence-electron chi connectivity index (χ1n) is 4.78. The number of hydrogen-bond acceptors (Lipinski definition) is 4. The van der Waals surface area contributed by atoms with Crippen molar-refractivity contribution in [3.8, 4) is 0 Å². The zero-order valence-electron chi connectivity index (χ0n) is 7.89. The normalized spacial score (nSPS) is 15.7. The maximum Gasteiger partial charge on any atom is 0.0771 e. The maximum atomic E-state index is 9.35. The van der Waals surface area contributed by atoms with Crippen LogP contribution >= 0.6 is 0 Å². The van der Waals surface area contributed by atoms with E-state index < -0.39 is 12.2 Å². The average molecular weight is 192 g/mol. The van der Waals surface area contributed by atoms with Crippen LogP contribution in [0.5, 0.6) is 0 Å². The molecule has 80 valence electrons. The van der Waals surface area contributed by atoms with Crippen LogP contribution in [0.3, 0.4) is 0 Å². The van der Waals surface area contributed by atoms with E-state index in [1.54, 1.807) is 0 Å². The molecule has 4 N–H and O–H groups in total. The highest BCUT2D eigenvalue weighted by atomic mass is 16.3. The molecule has 0 aliphatic rings. The summed E-state index contributed by atoms with van der Waals surface area (Å²) in [5.41, 5.74) is 0. The van der Waals surface area contributed by atoms with Crippen LogP contribution in [-0.2, 0) is 0 Å². The van der Waals surface area contributed by atoms with Gasteiger partial charge < -0.3 is 20.4 Å². The first kappa shape index (κ1) is 12.8. The van der Waals surface area contributed by atoms with E-state index in [4.69, 9.17) is 15.3 Å². The predicted molar refractivity (Wildman–Crippen MR) is 49.3 cm³/mol. The molecule has 4 heteroatoms. The van der Waals surface area contributed by atoms with E-state index in [0.717, 1.165) is 6.42 Å². The lowest BCUT2D eigenvalue weighted by molar-refractivity contribution is 0.0657. The maximum absolute atomic E-state index is 9.35. The quantitative estimate of drug-likeness (QED) is 0.396. The summed E-state index contributed by atoms with van der Waals surface area (Å²) in [5, 5.41) is 35.3. The molecular formula is C9H20O4. The summed E-state index contributed by atoms with van der Waals surface area (Å²) in [6.07, 6.45) is 1.95. The number of hydrogen-bond donors (Lipinski definition) is 4. The van der Waals surface area contributed by atoms with Crippen LogP contribution in [0.1, 0.15) is 32.1 Å². The summed E-state index contributed by atoms with van der Waals surface area (Å²) in [5.74, 6) is 0. The first-order chi connectivity index (χ1) is 6.20. The molecule has 0 aromatic carbocycles. The van der Waals surface area contributed by atoms with Crippen molar-refractivity contribution in [2.75, 3.05) is 13.2 Å². The van der Waals surface area contributed by atoms with Crippen molar-refractivity contribution >= 4 is 0 Å². The fraction of sp³-hybridized carbons (Fsp3) is 1.00. The van der Waals surface area contributed by atoms with Crippen molar-refractivity contribution in [2.24, 2.45) is 0 Å². The summed E-state index contributed by atoms with van der Waals surface area (Å²) < 4.78 is 0. The van der Waals surface area contributed by atoms with Gasteiger partial charge in [0.25, 0.3) is 0 Å².